The van der Waals surface area contributed by atoms with Crippen LogP contribution in [-0.4, -0.2) is 16.9 Å². The van der Waals surface area contributed by atoms with Gasteiger partial charge in [-0.1, -0.05) is 93.5 Å². The predicted molar refractivity (Wildman–Crippen MR) is 136 cm³/mol. The van der Waals surface area contributed by atoms with Crippen LogP contribution in [0.25, 0.3) is 5.70 Å². The highest BCUT2D eigenvalue weighted by Gasteiger charge is 2.06. The summed E-state index contributed by atoms with van der Waals surface area (Å²) in [6.07, 6.45) is 14.8. The fourth-order valence-corrected chi connectivity index (χ4v) is 1.97. The van der Waals surface area contributed by atoms with Gasteiger partial charge < -0.3 is 0 Å². The van der Waals surface area contributed by atoms with Crippen molar-refractivity contribution >= 4 is 17.6 Å². The molecule has 29 heavy (non-hydrogen) atoms. The van der Waals surface area contributed by atoms with Gasteiger partial charge in [0.2, 0.25) is 0 Å². The monoisotopic (exact) mass is 399 g/mol. The summed E-state index contributed by atoms with van der Waals surface area (Å²) >= 11 is 0. The molecule has 0 N–H and O–H groups in total. The van der Waals surface area contributed by atoms with Gasteiger partial charge in [-0.25, -0.2) is 4.98 Å². The first kappa shape index (κ1) is 31.4. The van der Waals surface area contributed by atoms with Crippen LogP contribution in [0.5, 0.6) is 0 Å². The molecule has 1 aliphatic heterocycles. The van der Waals surface area contributed by atoms with Crippen molar-refractivity contribution in [3.05, 3.63) is 60.1 Å². The summed E-state index contributed by atoms with van der Waals surface area (Å²) in [6, 6.07) is 5.99. The zero-order valence-corrected chi connectivity index (χ0v) is 20.7. The van der Waals surface area contributed by atoms with Crippen LogP contribution in [0.15, 0.2) is 58.7 Å². The highest BCUT2D eigenvalue weighted by molar-refractivity contribution is 6.08. The first-order valence-electron chi connectivity index (χ1n) is 11.4. The third-order valence-electron chi connectivity index (χ3n) is 2.95. The second-order valence-corrected chi connectivity index (χ2v) is 4.66. The largest absolute Gasteiger partial charge is 0.259 e. The number of pyridine rings is 1. The second kappa shape index (κ2) is 25.7. The van der Waals surface area contributed by atoms with Crippen LogP contribution < -0.4 is 0 Å². The molecule has 3 nitrogen and oxygen atoms in total. The molecule has 3 heteroatoms. The maximum Gasteiger partial charge on any atom is 0.0894 e. The van der Waals surface area contributed by atoms with E-state index in [0.29, 0.717) is 0 Å². The average Bonchev–Trinajstić information content (AvgIpc) is 3.12. The maximum atomic E-state index is 4.71. The van der Waals surface area contributed by atoms with Gasteiger partial charge in [-0.2, -0.15) is 0 Å². The Morgan fingerprint density at radius 3 is 2.17 bits per heavy atom. The number of aromatic nitrogens is 1. The van der Waals surface area contributed by atoms with E-state index in [1.54, 1.807) is 0 Å². The van der Waals surface area contributed by atoms with Crippen LogP contribution in [-0.2, 0) is 0 Å². The summed E-state index contributed by atoms with van der Waals surface area (Å²) in [7, 11) is 0. The van der Waals surface area contributed by atoms with Crippen LogP contribution in [0.4, 0.5) is 0 Å². The van der Waals surface area contributed by atoms with Gasteiger partial charge in [0.05, 0.1) is 22.8 Å². The molecule has 0 unspecified atom stereocenters. The third kappa shape index (κ3) is 14.4. The minimum Gasteiger partial charge on any atom is -0.259 e. The van der Waals surface area contributed by atoms with Crippen molar-refractivity contribution in [3.8, 4) is 0 Å². The van der Waals surface area contributed by atoms with Gasteiger partial charge in [0.1, 0.15) is 0 Å². The molecule has 1 aromatic rings. The lowest BCUT2D eigenvalue weighted by atomic mass is 10.1. The van der Waals surface area contributed by atoms with Crippen LogP contribution in [0.2, 0.25) is 0 Å². The molecule has 0 saturated heterocycles. The topological polar surface area (TPSA) is 37.6 Å². The Kier molecular flexibility index (Phi) is 27.8. The van der Waals surface area contributed by atoms with Crippen LogP contribution in [0, 0.1) is 0 Å². The Hall–Kier alpha value is -2.29. The molecular weight excluding hydrogens is 354 g/mol. The van der Waals surface area contributed by atoms with Gasteiger partial charge in [0.15, 0.2) is 0 Å². The molecule has 2 rings (SSSR count). The van der Waals surface area contributed by atoms with Crippen molar-refractivity contribution in [3.63, 3.8) is 0 Å². The molecule has 0 aliphatic carbocycles. The lowest BCUT2D eigenvalue weighted by Crippen LogP contribution is -2.02. The molecule has 1 aliphatic rings. The van der Waals surface area contributed by atoms with Crippen molar-refractivity contribution in [2.24, 2.45) is 9.98 Å². The van der Waals surface area contributed by atoms with Gasteiger partial charge in [-0.05, 0) is 37.5 Å². The summed E-state index contributed by atoms with van der Waals surface area (Å²) in [5, 5.41) is 0. The van der Waals surface area contributed by atoms with E-state index in [1.807, 2.05) is 98.2 Å². The SMILES string of the molecule is CC.CC.CC.CC.CCC=N/C(=C\CC)c1cccc(C2=NC=CCC=C2)n1. The van der Waals surface area contributed by atoms with Crippen LogP contribution >= 0.6 is 0 Å². The summed E-state index contributed by atoms with van der Waals surface area (Å²) < 4.78 is 0. The average molecular weight is 400 g/mol. The highest BCUT2D eigenvalue weighted by atomic mass is 14.8. The Bertz CT molecular complexity index is 621. The Labute approximate surface area is 181 Å². The zero-order chi connectivity index (χ0) is 22.9. The van der Waals surface area contributed by atoms with Crippen molar-refractivity contribution in [2.75, 3.05) is 0 Å². The molecule has 2 heterocycles. The Morgan fingerprint density at radius 1 is 0.931 bits per heavy atom. The van der Waals surface area contributed by atoms with E-state index in [2.05, 4.69) is 36.0 Å². The van der Waals surface area contributed by atoms with E-state index >= 15 is 0 Å². The molecule has 0 saturated carbocycles. The van der Waals surface area contributed by atoms with Crippen LogP contribution in [0.3, 0.4) is 0 Å². The quantitative estimate of drug-likeness (QED) is 0.456. The van der Waals surface area contributed by atoms with Gasteiger partial charge in [0.25, 0.3) is 0 Å². The zero-order valence-electron chi connectivity index (χ0n) is 20.7. The minimum absolute atomic E-state index is 0.879. The van der Waals surface area contributed by atoms with Gasteiger partial charge >= 0.3 is 0 Å². The Balaban J connectivity index is -0.000000754. The van der Waals surface area contributed by atoms with E-state index in [0.717, 1.165) is 42.1 Å². The molecule has 0 aromatic carbocycles. The molecule has 0 bridgehead atoms. The van der Waals surface area contributed by atoms with Crippen LogP contribution in [0.1, 0.15) is 99.9 Å². The van der Waals surface area contributed by atoms with Crippen molar-refractivity contribution in [1.82, 2.24) is 4.98 Å². The molecule has 1 aromatic heterocycles. The van der Waals surface area contributed by atoms with Gasteiger partial charge in [0, 0.05) is 12.4 Å². The van der Waals surface area contributed by atoms with E-state index in [4.69, 9.17) is 4.98 Å². The summed E-state index contributed by atoms with van der Waals surface area (Å²) in [4.78, 5) is 13.7. The number of nitrogens with zero attached hydrogens (tertiary/aromatic N) is 3. The summed E-state index contributed by atoms with van der Waals surface area (Å²) in [5.74, 6) is 0. The number of rotatable bonds is 5. The first-order valence-corrected chi connectivity index (χ1v) is 11.4. The lowest BCUT2D eigenvalue weighted by molar-refractivity contribution is 1.18. The first-order chi connectivity index (χ1) is 14.3. The fourth-order valence-electron chi connectivity index (χ4n) is 1.97. The summed E-state index contributed by atoms with van der Waals surface area (Å²) in [5.41, 5.74) is 3.59. The molecule has 0 atom stereocenters. The normalized spacial score (nSPS) is 11.9. The Morgan fingerprint density at radius 2 is 1.59 bits per heavy atom. The molecule has 0 amide bonds. The maximum absolute atomic E-state index is 4.71. The second-order valence-electron chi connectivity index (χ2n) is 4.66. The van der Waals surface area contributed by atoms with Crippen molar-refractivity contribution in [1.29, 1.82) is 0 Å². The van der Waals surface area contributed by atoms with Crippen molar-refractivity contribution in [2.45, 2.75) is 88.5 Å². The standard InChI is InChI=1S/C18H21N3.4C2H6/c1-3-9-15(19-13-4-2)17-11-8-12-18(21-17)16-10-6-5-7-14-20-16;4*1-2/h6-14H,3-5H2,1-2H3;4*1-2H3/b15-9-,19-13?;;;;. The number of hydrogen-bond donors (Lipinski definition) is 0. The molecule has 164 valence electrons. The molecule has 0 radical (unpaired) electrons. The van der Waals surface area contributed by atoms with Gasteiger partial charge in [-0.3, -0.25) is 9.98 Å². The lowest BCUT2D eigenvalue weighted by Gasteiger charge is -2.05. The minimum atomic E-state index is 0.879. The molecular formula is C26H45N3. The smallest absolute Gasteiger partial charge is 0.0894 e. The number of aliphatic imine (C=N–C) groups is 2. The van der Waals surface area contributed by atoms with E-state index in [-0.39, 0.29) is 0 Å². The third-order valence-corrected chi connectivity index (χ3v) is 2.95. The fraction of sp³-hybridized carbons (Fsp3) is 0.500. The number of allylic oxidation sites excluding steroid dienone is 4. The number of hydrogen-bond acceptors (Lipinski definition) is 3. The summed E-state index contributed by atoms with van der Waals surface area (Å²) in [6.45, 7) is 20.2. The van der Waals surface area contributed by atoms with Gasteiger partial charge in [-0.15, -0.1) is 0 Å². The van der Waals surface area contributed by atoms with E-state index in [1.165, 1.54) is 0 Å². The van der Waals surface area contributed by atoms with Crippen molar-refractivity contribution < 1.29 is 0 Å². The molecule has 0 fully saturated rings. The van der Waals surface area contributed by atoms with E-state index in [9.17, 15) is 0 Å². The van der Waals surface area contributed by atoms with E-state index < -0.39 is 0 Å². The molecule has 0 spiro atoms. The predicted octanol–water partition coefficient (Wildman–Crippen LogP) is 8.68. The highest BCUT2D eigenvalue weighted by Crippen LogP contribution is 2.16.